The van der Waals surface area contributed by atoms with Crippen molar-refractivity contribution in [1.29, 1.82) is 0 Å². The van der Waals surface area contributed by atoms with Crippen molar-refractivity contribution in [2.24, 2.45) is 11.8 Å². The van der Waals surface area contributed by atoms with Gasteiger partial charge in [-0.15, -0.1) is 0 Å². The lowest BCUT2D eigenvalue weighted by molar-refractivity contribution is -0.131. The molecule has 2 N–H and O–H groups in total. The van der Waals surface area contributed by atoms with E-state index in [1.54, 1.807) is 0 Å². The van der Waals surface area contributed by atoms with Crippen LogP contribution in [0.15, 0.2) is 0 Å². The zero-order valence-electron chi connectivity index (χ0n) is 12.8. The average Bonchev–Trinajstić information content (AvgIpc) is 2.91. The van der Waals surface area contributed by atoms with Gasteiger partial charge in [0, 0.05) is 23.9 Å². The Kier molecular flexibility index (Phi) is 5.44. The van der Waals surface area contributed by atoms with E-state index in [2.05, 4.69) is 10.6 Å². The number of rotatable bonds is 4. The van der Waals surface area contributed by atoms with Crippen molar-refractivity contribution in [3.05, 3.63) is 0 Å². The van der Waals surface area contributed by atoms with Gasteiger partial charge in [0.15, 0.2) is 0 Å². The van der Waals surface area contributed by atoms with Crippen LogP contribution in [0, 0.1) is 11.8 Å². The SMILES string of the molecule is CC(C)NC(=O)C1CCC(C(=O)NC2CCCC2)CC1. The highest BCUT2D eigenvalue weighted by atomic mass is 16.2. The maximum atomic E-state index is 12.2. The van der Waals surface area contributed by atoms with E-state index >= 15 is 0 Å². The highest BCUT2D eigenvalue weighted by molar-refractivity contribution is 5.81. The minimum Gasteiger partial charge on any atom is -0.354 e. The molecule has 0 spiro atoms. The standard InChI is InChI=1S/C16H28N2O2/c1-11(2)17-15(19)12-7-9-13(10-8-12)16(20)18-14-5-3-4-6-14/h11-14H,3-10H2,1-2H3,(H,17,19)(H,18,20). The molecule has 2 aliphatic rings. The molecule has 2 aliphatic carbocycles. The van der Waals surface area contributed by atoms with Crippen molar-refractivity contribution in [2.45, 2.75) is 77.3 Å². The Balaban J connectivity index is 1.73. The molecule has 0 heterocycles. The molecular weight excluding hydrogens is 252 g/mol. The maximum absolute atomic E-state index is 12.2. The van der Waals surface area contributed by atoms with E-state index in [0.29, 0.717) is 6.04 Å². The van der Waals surface area contributed by atoms with Crippen molar-refractivity contribution in [3.63, 3.8) is 0 Å². The summed E-state index contributed by atoms with van der Waals surface area (Å²) in [6.07, 6.45) is 8.17. The second kappa shape index (κ2) is 7.09. The van der Waals surface area contributed by atoms with Crippen LogP contribution in [0.4, 0.5) is 0 Å². The molecule has 0 unspecified atom stereocenters. The molecule has 2 fully saturated rings. The van der Waals surface area contributed by atoms with Crippen molar-refractivity contribution >= 4 is 11.8 Å². The smallest absolute Gasteiger partial charge is 0.223 e. The molecule has 0 atom stereocenters. The molecule has 0 radical (unpaired) electrons. The molecular formula is C16H28N2O2. The summed E-state index contributed by atoms with van der Waals surface area (Å²) in [6, 6.07) is 0.607. The molecule has 20 heavy (non-hydrogen) atoms. The molecule has 0 aliphatic heterocycles. The van der Waals surface area contributed by atoms with Crippen LogP contribution < -0.4 is 10.6 Å². The normalized spacial score (nSPS) is 27.6. The molecule has 0 aromatic carbocycles. The van der Waals surface area contributed by atoms with Gasteiger partial charge in [-0.05, 0) is 52.4 Å². The topological polar surface area (TPSA) is 58.2 Å². The molecule has 0 aromatic heterocycles. The number of hydrogen-bond donors (Lipinski definition) is 2. The summed E-state index contributed by atoms with van der Waals surface area (Å²) >= 11 is 0. The van der Waals surface area contributed by atoms with E-state index in [9.17, 15) is 9.59 Å². The van der Waals surface area contributed by atoms with E-state index in [1.807, 2.05) is 13.8 Å². The van der Waals surface area contributed by atoms with E-state index in [4.69, 9.17) is 0 Å². The lowest BCUT2D eigenvalue weighted by Crippen LogP contribution is -2.41. The van der Waals surface area contributed by atoms with E-state index in [1.165, 1.54) is 12.8 Å². The third kappa shape index (κ3) is 4.22. The Hall–Kier alpha value is -1.06. The molecule has 0 aromatic rings. The van der Waals surface area contributed by atoms with Gasteiger partial charge in [-0.1, -0.05) is 12.8 Å². The molecule has 4 heteroatoms. The zero-order valence-corrected chi connectivity index (χ0v) is 12.8. The van der Waals surface area contributed by atoms with Gasteiger partial charge < -0.3 is 10.6 Å². The first-order valence-electron chi connectivity index (χ1n) is 8.17. The number of carbonyl (C=O) groups excluding carboxylic acids is 2. The first-order chi connectivity index (χ1) is 9.56. The lowest BCUT2D eigenvalue weighted by atomic mass is 9.81. The van der Waals surface area contributed by atoms with Crippen molar-refractivity contribution in [2.75, 3.05) is 0 Å². The highest BCUT2D eigenvalue weighted by Crippen LogP contribution is 2.29. The molecule has 114 valence electrons. The van der Waals surface area contributed by atoms with Crippen LogP contribution in [0.5, 0.6) is 0 Å². The molecule has 0 saturated heterocycles. The maximum Gasteiger partial charge on any atom is 0.223 e. The lowest BCUT2D eigenvalue weighted by Gasteiger charge is -2.28. The van der Waals surface area contributed by atoms with Gasteiger partial charge in [0.25, 0.3) is 0 Å². The van der Waals surface area contributed by atoms with E-state index in [-0.39, 0.29) is 29.7 Å². The summed E-state index contributed by atoms with van der Waals surface area (Å²) in [5.41, 5.74) is 0. The van der Waals surface area contributed by atoms with Crippen LogP contribution in [-0.4, -0.2) is 23.9 Å². The third-order valence-corrected chi connectivity index (χ3v) is 4.60. The second-order valence-corrected chi connectivity index (χ2v) is 6.70. The summed E-state index contributed by atoms with van der Waals surface area (Å²) in [5.74, 6) is 0.612. The Bertz CT molecular complexity index is 340. The predicted octanol–water partition coefficient (Wildman–Crippen LogP) is 2.38. The molecule has 2 rings (SSSR count). The fourth-order valence-electron chi connectivity index (χ4n) is 3.41. The molecule has 2 saturated carbocycles. The van der Waals surface area contributed by atoms with Crippen molar-refractivity contribution in [3.8, 4) is 0 Å². The van der Waals surface area contributed by atoms with Crippen LogP contribution in [0.1, 0.15) is 65.2 Å². The first-order valence-corrected chi connectivity index (χ1v) is 8.17. The number of hydrogen-bond acceptors (Lipinski definition) is 2. The molecule has 0 bridgehead atoms. The minimum absolute atomic E-state index is 0.105. The van der Waals surface area contributed by atoms with Crippen LogP contribution >= 0.6 is 0 Å². The number of amides is 2. The summed E-state index contributed by atoms with van der Waals surface area (Å²) < 4.78 is 0. The number of carbonyl (C=O) groups is 2. The van der Waals surface area contributed by atoms with Crippen LogP contribution in [0.3, 0.4) is 0 Å². The van der Waals surface area contributed by atoms with Gasteiger partial charge in [0.2, 0.25) is 11.8 Å². The van der Waals surface area contributed by atoms with Gasteiger partial charge in [0.1, 0.15) is 0 Å². The summed E-state index contributed by atoms with van der Waals surface area (Å²) in [4.78, 5) is 24.1. The van der Waals surface area contributed by atoms with Gasteiger partial charge >= 0.3 is 0 Å². The monoisotopic (exact) mass is 280 g/mol. The summed E-state index contributed by atoms with van der Waals surface area (Å²) in [6.45, 7) is 3.97. The van der Waals surface area contributed by atoms with Gasteiger partial charge in [-0.25, -0.2) is 0 Å². The quantitative estimate of drug-likeness (QED) is 0.830. The largest absolute Gasteiger partial charge is 0.354 e. The molecule has 4 nitrogen and oxygen atoms in total. The summed E-state index contributed by atoms with van der Waals surface area (Å²) in [5, 5.41) is 6.16. The van der Waals surface area contributed by atoms with Crippen LogP contribution in [0.2, 0.25) is 0 Å². The minimum atomic E-state index is 0.105. The fourth-order valence-corrected chi connectivity index (χ4v) is 3.41. The number of nitrogens with one attached hydrogen (secondary N) is 2. The van der Waals surface area contributed by atoms with Gasteiger partial charge in [-0.2, -0.15) is 0 Å². The van der Waals surface area contributed by atoms with Crippen LogP contribution in [-0.2, 0) is 9.59 Å². The Morgan fingerprint density at radius 3 is 1.85 bits per heavy atom. The van der Waals surface area contributed by atoms with Crippen LogP contribution in [0.25, 0.3) is 0 Å². The Morgan fingerprint density at radius 1 is 0.850 bits per heavy atom. The van der Waals surface area contributed by atoms with Gasteiger partial charge in [0.05, 0.1) is 0 Å². The van der Waals surface area contributed by atoms with Gasteiger partial charge in [-0.3, -0.25) is 9.59 Å². The summed E-state index contributed by atoms with van der Waals surface area (Å²) in [7, 11) is 0. The van der Waals surface area contributed by atoms with Crippen molar-refractivity contribution in [1.82, 2.24) is 10.6 Å². The highest BCUT2D eigenvalue weighted by Gasteiger charge is 2.31. The van der Waals surface area contributed by atoms with E-state index < -0.39 is 0 Å². The molecule has 2 amide bonds. The van der Waals surface area contributed by atoms with E-state index in [0.717, 1.165) is 38.5 Å². The zero-order chi connectivity index (χ0) is 14.5. The first kappa shape index (κ1) is 15.3. The Labute approximate surface area is 122 Å². The fraction of sp³-hybridized carbons (Fsp3) is 0.875. The predicted molar refractivity (Wildman–Crippen MR) is 79.1 cm³/mol. The third-order valence-electron chi connectivity index (χ3n) is 4.60. The average molecular weight is 280 g/mol. The Morgan fingerprint density at radius 2 is 1.35 bits per heavy atom. The second-order valence-electron chi connectivity index (χ2n) is 6.70. The van der Waals surface area contributed by atoms with Crippen molar-refractivity contribution < 1.29 is 9.59 Å².